The number of aliphatic hydroxyl groups excluding tert-OH is 2. The molecule has 0 spiro atoms. The predicted molar refractivity (Wildman–Crippen MR) is 64.3 cm³/mol. The van der Waals surface area contributed by atoms with Crippen molar-refractivity contribution in [1.29, 1.82) is 0 Å². The summed E-state index contributed by atoms with van der Waals surface area (Å²) >= 11 is 0. The molecule has 0 bridgehead atoms. The fourth-order valence-corrected chi connectivity index (χ4v) is 2.49. The van der Waals surface area contributed by atoms with E-state index in [-0.39, 0.29) is 5.96 Å². The number of carbonyl (C=O) groups excluding carboxylic acids is 1. The van der Waals surface area contributed by atoms with Crippen LogP contribution in [0.2, 0.25) is 0 Å². The molecule has 0 aromatic rings. The van der Waals surface area contributed by atoms with Crippen LogP contribution in [0.5, 0.6) is 0 Å². The van der Waals surface area contributed by atoms with Gasteiger partial charge in [0.25, 0.3) is 5.91 Å². The molecular formula is C10H14FN5O4. The standard InChI is InChI=1S/C10H14FN5O4/c11-4-3(1-17)20-9(6(4)18)16-2-13-5-7(16)14-10(12)15-8(5)19/h2-7,9,17-18H,1H2,(H3,12,14,15,19)/t3-,4-,5?,6-,7?,9-/m1/s1. The van der Waals surface area contributed by atoms with Crippen LogP contribution in [0.25, 0.3) is 0 Å². The summed E-state index contributed by atoms with van der Waals surface area (Å²) in [6.07, 6.45) is -4.91. The topological polar surface area (TPSA) is 133 Å². The summed E-state index contributed by atoms with van der Waals surface area (Å²) in [5.74, 6) is -0.501. The highest BCUT2D eigenvalue weighted by Crippen LogP contribution is 2.30. The van der Waals surface area contributed by atoms with Crippen molar-refractivity contribution in [3.8, 4) is 0 Å². The van der Waals surface area contributed by atoms with Crippen LogP contribution in [-0.4, -0.2) is 76.7 Å². The molecule has 1 saturated heterocycles. The molecule has 10 heteroatoms. The summed E-state index contributed by atoms with van der Waals surface area (Å²) in [4.78, 5) is 21.0. The highest BCUT2D eigenvalue weighted by Gasteiger charge is 2.51. The number of alkyl halides is 1. The predicted octanol–water partition coefficient (Wildman–Crippen LogP) is -3.11. The minimum atomic E-state index is -1.73. The Bertz CT molecular complexity index is 486. The Morgan fingerprint density at radius 1 is 1.60 bits per heavy atom. The number of rotatable bonds is 2. The molecule has 110 valence electrons. The number of aliphatic imine (C=N–C) groups is 2. The van der Waals surface area contributed by atoms with Gasteiger partial charge in [0.05, 0.1) is 12.9 Å². The van der Waals surface area contributed by atoms with Gasteiger partial charge in [0.15, 0.2) is 30.6 Å². The van der Waals surface area contributed by atoms with Gasteiger partial charge in [-0.3, -0.25) is 15.1 Å². The second-order valence-electron chi connectivity index (χ2n) is 4.76. The van der Waals surface area contributed by atoms with Crippen LogP contribution >= 0.6 is 0 Å². The van der Waals surface area contributed by atoms with E-state index in [1.54, 1.807) is 0 Å². The number of hydrogen-bond donors (Lipinski definition) is 4. The Labute approximate surface area is 112 Å². The van der Waals surface area contributed by atoms with Gasteiger partial charge in [-0.2, -0.15) is 0 Å². The van der Waals surface area contributed by atoms with Crippen molar-refractivity contribution in [2.45, 2.75) is 36.8 Å². The molecule has 20 heavy (non-hydrogen) atoms. The molecule has 0 aromatic carbocycles. The lowest BCUT2D eigenvalue weighted by molar-refractivity contribution is -0.124. The van der Waals surface area contributed by atoms with Gasteiger partial charge in [-0.05, 0) is 0 Å². The number of fused-ring (bicyclic) bond motifs is 1. The summed E-state index contributed by atoms with van der Waals surface area (Å²) in [5, 5.41) is 21.2. The first-order valence-electron chi connectivity index (χ1n) is 6.06. The number of aliphatic hydroxyl groups is 2. The van der Waals surface area contributed by atoms with E-state index in [1.165, 1.54) is 11.2 Å². The van der Waals surface area contributed by atoms with Crippen LogP contribution in [0.3, 0.4) is 0 Å². The molecule has 0 aliphatic carbocycles. The Kier molecular flexibility index (Phi) is 3.07. The molecular weight excluding hydrogens is 273 g/mol. The van der Waals surface area contributed by atoms with Gasteiger partial charge in [0, 0.05) is 0 Å². The minimum Gasteiger partial charge on any atom is -0.394 e. The van der Waals surface area contributed by atoms with E-state index in [2.05, 4.69) is 15.3 Å². The first-order chi connectivity index (χ1) is 9.52. The molecule has 2 unspecified atom stereocenters. The smallest absolute Gasteiger partial charge is 0.255 e. The van der Waals surface area contributed by atoms with Crippen molar-refractivity contribution >= 4 is 18.2 Å². The molecule has 3 aliphatic rings. The van der Waals surface area contributed by atoms with Gasteiger partial charge in [-0.1, -0.05) is 0 Å². The summed E-state index contributed by atoms with van der Waals surface area (Å²) in [6, 6.07) is -0.815. The lowest BCUT2D eigenvalue weighted by Crippen LogP contribution is -2.56. The molecule has 3 aliphatic heterocycles. The van der Waals surface area contributed by atoms with E-state index in [1.807, 2.05) is 0 Å². The average Bonchev–Trinajstić information content (AvgIpc) is 2.93. The maximum absolute atomic E-state index is 13.7. The molecule has 6 atom stereocenters. The normalized spacial score (nSPS) is 43.5. The van der Waals surface area contributed by atoms with Crippen molar-refractivity contribution in [2.75, 3.05) is 6.61 Å². The van der Waals surface area contributed by atoms with Crippen LogP contribution in [0, 0.1) is 0 Å². The first kappa shape index (κ1) is 13.2. The lowest BCUT2D eigenvalue weighted by atomic mass is 10.1. The molecule has 9 nitrogen and oxygen atoms in total. The largest absolute Gasteiger partial charge is 0.394 e. The molecule has 3 heterocycles. The van der Waals surface area contributed by atoms with Gasteiger partial charge in [0.1, 0.15) is 12.2 Å². The van der Waals surface area contributed by atoms with Gasteiger partial charge in [0.2, 0.25) is 0 Å². The third kappa shape index (κ3) is 1.84. The zero-order valence-corrected chi connectivity index (χ0v) is 10.3. The molecule has 1 amide bonds. The Morgan fingerprint density at radius 3 is 3.00 bits per heavy atom. The van der Waals surface area contributed by atoms with Gasteiger partial charge >= 0.3 is 0 Å². The maximum Gasteiger partial charge on any atom is 0.255 e. The number of guanidine groups is 1. The molecule has 0 radical (unpaired) electrons. The van der Waals surface area contributed by atoms with Crippen molar-refractivity contribution in [3.63, 3.8) is 0 Å². The maximum atomic E-state index is 13.7. The summed E-state index contributed by atoms with van der Waals surface area (Å²) in [5.41, 5.74) is 5.48. The van der Waals surface area contributed by atoms with E-state index in [0.29, 0.717) is 0 Å². The molecule has 0 aromatic heterocycles. The Hall–Kier alpha value is -1.78. The quantitative estimate of drug-likeness (QED) is 0.425. The second-order valence-corrected chi connectivity index (χ2v) is 4.76. The van der Waals surface area contributed by atoms with Gasteiger partial charge in [-0.25, -0.2) is 9.38 Å². The van der Waals surface area contributed by atoms with Crippen molar-refractivity contribution < 1.29 is 24.1 Å². The molecule has 3 rings (SSSR count). The van der Waals surface area contributed by atoms with E-state index in [0.717, 1.165) is 0 Å². The van der Waals surface area contributed by atoms with Crippen LogP contribution in [-0.2, 0) is 9.53 Å². The first-order valence-corrected chi connectivity index (χ1v) is 6.06. The third-order valence-electron chi connectivity index (χ3n) is 3.50. The highest BCUT2D eigenvalue weighted by atomic mass is 19.1. The van der Waals surface area contributed by atoms with E-state index < -0.39 is 49.3 Å². The van der Waals surface area contributed by atoms with Crippen LogP contribution < -0.4 is 11.1 Å². The van der Waals surface area contributed by atoms with Gasteiger partial charge < -0.3 is 25.6 Å². The highest BCUT2D eigenvalue weighted by molar-refractivity contribution is 6.02. The molecule has 1 fully saturated rings. The number of amides is 1. The van der Waals surface area contributed by atoms with E-state index in [9.17, 15) is 14.3 Å². The van der Waals surface area contributed by atoms with Crippen LogP contribution in [0.4, 0.5) is 4.39 Å². The zero-order chi connectivity index (χ0) is 14.4. The van der Waals surface area contributed by atoms with Crippen molar-refractivity contribution in [1.82, 2.24) is 10.2 Å². The second kappa shape index (κ2) is 4.65. The number of nitrogens with one attached hydrogen (secondary N) is 1. The number of carbonyl (C=O) groups is 1. The van der Waals surface area contributed by atoms with Crippen LogP contribution in [0.15, 0.2) is 9.98 Å². The molecule has 0 saturated carbocycles. The van der Waals surface area contributed by atoms with E-state index >= 15 is 0 Å². The third-order valence-corrected chi connectivity index (χ3v) is 3.50. The minimum absolute atomic E-state index is 0.0743. The number of halogens is 1. The van der Waals surface area contributed by atoms with Crippen LogP contribution in [0.1, 0.15) is 0 Å². The zero-order valence-electron chi connectivity index (χ0n) is 10.3. The summed E-state index contributed by atoms with van der Waals surface area (Å²) in [6.45, 7) is -0.556. The lowest BCUT2D eigenvalue weighted by Gasteiger charge is -2.32. The fraction of sp³-hybridized carbons (Fsp3) is 0.700. The SMILES string of the molecule is NC1=NC2C(N=CN2[C@@H]2O[C@H](CO)[C@@H](F)[C@H]2O)C(=O)N1. The summed E-state index contributed by atoms with van der Waals surface area (Å²) in [7, 11) is 0. The summed E-state index contributed by atoms with van der Waals surface area (Å²) < 4.78 is 19.0. The average molecular weight is 287 g/mol. The van der Waals surface area contributed by atoms with Crippen molar-refractivity contribution in [2.24, 2.45) is 15.7 Å². The number of hydrogen-bond acceptors (Lipinski definition) is 8. The molecule has 5 N–H and O–H groups in total. The number of nitrogens with zero attached hydrogens (tertiary/aromatic N) is 3. The Balaban J connectivity index is 1.84. The van der Waals surface area contributed by atoms with Gasteiger partial charge in [-0.15, -0.1) is 0 Å². The number of ether oxygens (including phenoxy) is 1. The fourth-order valence-electron chi connectivity index (χ4n) is 2.49. The Morgan fingerprint density at radius 2 is 2.35 bits per heavy atom. The number of nitrogens with two attached hydrogens (primary N) is 1. The van der Waals surface area contributed by atoms with Crippen molar-refractivity contribution in [3.05, 3.63) is 0 Å². The van der Waals surface area contributed by atoms with E-state index in [4.69, 9.17) is 15.6 Å². The monoisotopic (exact) mass is 287 g/mol.